The fraction of sp³-hybridized carbons (Fsp3) is 0.700. The minimum absolute atomic E-state index is 0.216. The Morgan fingerprint density at radius 2 is 2.57 bits per heavy atom. The summed E-state index contributed by atoms with van der Waals surface area (Å²) in [7, 11) is 0. The lowest BCUT2D eigenvalue weighted by molar-refractivity contribution is 0.186. The Kier molecular flexibility index (Phi) is 3.50. The van der Waals surface area contributed by atoms with Gasteiger partial charge in [0.25, 0.3) is 0 Å². The van der Waals surface area contributed by atoms with Crippen LogP contribution in [0.1, 0.15) is 16.3 Å². The molecule has 1 saturated heterocycles. The first-order valence-electron chi connectivity index (χ1n) is 5.00. The molecular weight excluding hydrogens is 198 g/mol. The summed E-state index contributed by atoms with van der Waals surface area (Å²) < 4.78 is 5.32. The van der Waals surface area contributed by atoms with E-state index in [1.165, 1.54) is 9.88 Å². The molecule has 2 heterocycles. The highest BCUT2D eigenvalue weighted by Crippen LogP contribution is 2.21. The Bertz CT molecular complexity index is 281. The monoisotopic (exact) mass is 213 g/mol. The van der Waals surface area contributed by atoms with Gasteiger partial charge in [-0.15, -0.1) is 11.3 Å². The topological polar surface area (TPSA) is 42.4 Å². The molecular formula is C10H15NO2S. The number of aliphatic hydroxyl groups excluding tert-OH is 1. The lowest BCUT2D eigenvalue weighted by Gasteiger charge is -2.02. The van der Waals surface area contributed by atoms with E-state index in [2.05, 4.69) is 4.98 Å². The van der Waals surface area contributed by atoms with Gasteiger partial charge in [-0.3, -0.25) is 0 Å². The number of rotatable bonds is 4. The zero-order valence-corrected chi connectivity index (χ0v) is 8.92. The van der Waals surface area contributed by atoms with E-state index in [0.717, 1.165) is 32.5 Å². The molecule has 0 bridgehead atoms. The molecule has 0 spiro atoms. The Hall–Kier alpha value is -0.450. The molecule has 0 radical (unpaired) electrons. The molecule has 1 unspecified atom stereocenters. The molecule has 1 aliphatic rings. The normalized spacial score (nSPS) is 21.6. The van der Waals surface area contributed by atoms with Gasteiger partial charge in [-0.1, -0.05) is 0 Å². The number of hydrogen-bond donors (Lipinski definition) is 1. The number of ether oxygens (including phenoxy) is 1. The zero-order valence-electron chi connectivity index (χ0n) is 8.11. The molecule has 1 N–H and O–H groups in total. The number of aliphatic hydroxyl groups is 1. The van der Waals surface area contributed by atoms with Crippen LogP contribution in [-0.2, 0) is 17.6 Å². The molecule has 1 fully saturated rings. The van der Waals surface area contributed by atoms with Crippen LogP contribution >= 0.6 is 11.3 Å². The van der Waals surface area contributed by atoms with Gasteiger partial charge in [0.2, 0.25) is 0 Å². The van der Waals surface area contributed by atoms with Crippen molar-refractivity contribution < 1.29 is 9.84 Å². The predicted molar refractivity (Wildman–Crippen MR) is 55.5 cm³/mol. The van der Waals surface area contributed by atoms with Crippen LogP contribution < -0.4 is 0 Å². The minimum atomic E-state index is 0.216. The van der Waals surface area contributed by atoms with Crippen LogP contribution in [-0.4, -0.2) is 29.9 Å². The standard InChI is InChI=1S/C10H15NO2S/c12-3-1-9-6-11-10(14-9)5-8-2-4-13-7-8/h6,8,12H,1-5,7H2. The first-order chi connectivity index (χ1) is 6.88. The first kappa shape index (κ1) is 10.1. The Balaban J connectivity index is 1.88. The molecule has 1 atom stereocenters. The molecule has 0 aliphatic carbocycles. The van der Waals surface area contributed by atoms with Crippen molar-refractivity contribution in [3.8, 4) is 0 Å². The summed E-state index contributed by atoms with van der Waals surface area (Å²) in [6.07, 6.45) is 4.82. The smallest absolute Gasteiger partial charge is 0.0931 e. The molecule has 0 aromatic carbocycles. The molecule has 78 valence electrons. The van der Waals surface area contributed by atoms with Gasteiger partial charge in [0.15, 0.2) is 0 Å². The second-order valence-electron chi connectivity index (χ2n) is 3.63. The fourth-order valence-electron chi connectivity index (χ4n) is 1.66. The third-order valence-electron chi connectivity index (χ3n) is 2.45. The van der Waals surface area contributed by atoms with Gasteiger partial charge in [0.1, 0.15) is 0 Å². The van der Waals surface area contributed by atoms with Crippen molar-refractivity contribution in [1.82, 2.24) is 4.98 Å². The van der Waals surface area contributed by atoms with Gasteiger partial charge in [0.05, 0.1) is 5.01 Å². The molecule has 3 nitrogen and oxygen atoms in total. The maximum Gasteiger partial charge on any atom is 0.0931 e. The highest BCUT2D eigenvalue weighted by molar-refractivity contribution is 7.11. The van der Waals surface area contributed by atoms with Crippen molar-refractivity contribution in [2.24, 2.45) is 5.92 Å². The average molecular weight is 213 g/mol. The summed E-state index contributed by atoms with van der Waals surface area (Å²) in [5.41, 5.74) is 0. The lowest BCUT2D eigenvalue weighted by atomic mass is 10.1. The van der Waals surface area contributed by atoms with E-state index in [9.17, 15) is 0 Å². The van der Waals surface area contributed by atoms with Crippen LogP contribution in [0, 0.1) is 5.92 Å². The van der Waals surface area contributed by atoms with Crippen LogP contribution in [0.2, 0.25) is 0 Å². The van der Waals surface area contributed by atoms with E-state index >= 15 is 0 Å². The Morgan fingerprint density at radius 1 is 1.64 bits per heavy atom. The first-order valence-corrected chi connectivity index (χ1v) is 5.82. The van der Waals surface area contributed by atoms with Crippen molar-refractivity contribution >= 4 is 11.3 Å². The van der Waals surface area contributed by atoms with Crippen LogP contribution in [0.3, 0.4) is 0 Å². The summed E-state index contributed by atoms with van der Waals surface area (Å²) in [6.45, 7) is 2.00. The van der Waals surface area contributed by atoms with E-state index in [0.29, 0.717) is 5.92 Å². The molecule has 0 saturated carbocycles. The van der Waals surface area contributed by atoms with Crippen molar-refractivity contribution in [2.75, 3.05) is 19.8 Å². The van der Waals surface area contributed by atoms with Gasteiger partial charge in [0, 0.05) is 43.7 Å². The van der Waals surface area contributed by atoms with Crippen molar-refractivity contribution in [3.63, 3.8) is 0 Å². The Morgan fingerprint density at radius 3 is 3.29 bits per heavy atom. The minimum Gasteiger partial charge on any atom is -0.396 e. The predicted octanol–water partition coefficient (Wildman–Crippen LogP) is 1.26. The molecule has 0 amide bonds. The summed E-state index contributed by atoms with van der Waals surface area (Å²) >= 11 is 1.72. The van der Waals surface area contributed by atoms with E-state index in [4.69, 9.17) is 9.84 Å². The van der Waals surface area contributed by atoms with Gasteiger partial charge in [-0.25, -0.2) is 4.98 Å². The summed E-state index contributed by atoms with van der Waals surface area (Å²) in [4.78, 5) is 5.53. The van der Waals surface area contributed by atoms with Crippen LogP contribution in [0.25, 0.3) is 0 Å². The van der Waals surface area contributed by atoms with Crippen molar-refractivity contribution in [3.05, 3.63) is 16.1 Å². The van der Waals surface area contributed by atoms with E-state index < -0.39 is 0 Å². The van der Waals surface area contributed by atoms with Crippen molar-refractivity contribution in [2.45, 2.75) is 19.3 Å². The molecule has 1 aliphatic heterocycles. The van der Waals surface area contributed by atoms with Gasteiger partial charge in [-0.05, 0) is 12.3 Å². The second kappa shape index (κ2) is 4.87. The molecule has 2 rings (SSSR count). The maximum atomic E-state index is 8.77. The number of nitrogens with zero attached hydrogens (tertiary/aromatic N) is 1. The van der Waals surface area contributed by atoms with E-state index in [1.54, 1.807) is 11.3 Å². The quantitative estimate of drug-likeness (QED) is 0.818. The van der Waals surface area contributed by atoms with Crippen molar-refractivity contribution in [1.29, 1.82) is 0 Å². The van der Waals surface area contributed by atoms with Crippen LogP contribution in [0.15, 0.2) is 6.20 Å². The summed E-state index contributed by atoms with van der Waals surface area (Å²) in [6, 6.07) is 0. The maximum absolute atomic E-state index is 8.77. The van der Waals surface area contributed by atoms with Gasteiger partial charge in [-0.2, -0.15) is 0 Å². The largest absolute Gasteiger partial charge is 0.396 e. The summed E-state index contributed by atoms with van der Waals surface area (Å²) in [5.74, 6) is 0.656. The lowest BCUT2D eigenvalue weighted by Crippen LogP contribution is -2.02. The molecule has 1 aromatic heterocycles. The number of hydrogen-bond acceptors (Lipinski definition) is 4. The van der Waals surface area contributed by atoms with Gasteiger partial charge < -0.3 is 9.84 Å². The molecule has 1 aromatic rings. The number of aromatic nitrogens is 1. The highest BCUT2D eigenvalue weighted by Gasteiger charge is 2.17. The zero-order chi connectivity index (χ0) is 9.80. The van der Waals surface area contributed by atoms with Crippen LogP contribution in [0.4, 0.5) is 0 Å². The third kappa shape index (κ3) is 2.53. The summed E-state index contributed by atoms with van der Waals surface area (Å²) in [5, 5.41) is 9.96. The average Bonchev–Trinajstić information content (AvgIpc) is 2.79. The second-order valence-corrected chi connectivity index (χ2v) is 4.83. The van der Waals surface area contributed by atoms with Gasteiger partial charge >= 0.3 is 0 Å². The number of thiazole rings is 1. The SMILES string of the molecule is OCCc1cnc(CC2CCOC2)s1. The highest BCUT2D eigenvalue weighted by atomic mass is 32.1. The van der Waals surface area contributed by atoms with E-state index in [1.807, 2.05) is 6.20 Å². The molecule has 14 heavy (non-hydrogen) atoms. The third-order valence-corrected chi connectivity index (χ3v) is 3.53. The Labute approximate surface area is 87.7 Å². The molecule has 4 heteroatoms. The fourth-order valence-corrected chi connectivity index (χ4v) is 2.69. The van der Waals surface area contributed by atoms with E-state index in [-0.39, 0.29) is 6.61 Å². The van der Waals surface area contributed by atoms with Crippen LogP contribution in [0.5, 0.6) is 0 Å².